The highest BCUT2D eigenvalue weighted by Crippen LogP contribution is 2.50. The Kier molecular flexibility index (Phi) is 4.08. The predicted octanol–water partition coefficient (Wildman–Crippen LogP) is 3.40. The fraction of sp³-hybridized carbons (Fsp3) is 0.450. The van der Waals surface area contributed by atoms with Crippen LogP contribution in [0.1, 0.15) is 29.7 Å². The molecule has 1 N–H and O–H groups in total. The normalized spacial score (nSPS) is 29.1. The summed E-state index contributed by atoms with van der Waals surface area (Å²) in [5.74, 6) is -1.13. The minimum absolute atomic E-state index is 0.0827. The number of hydrogen-bond donors (Lipinski definition) is 1. The molecule has 1 saturated carbocycles. The van der Waals surface area contributed by atoms with Gasteiger partial charge < -0.3 is 5.11 Å². The molecule has 5 heteroatoms. The van der Waals surface area contributed by atoms with Gasteiger partial charge >= 0.3 is 0 Å². The van der Waals surface area contributed by atoms with Gasteiger partial charge in [0.1, 0.15) is 5.60 Å². The van der Waals surface area contributed by atoms with Gasteiger partial charge in [-0.25, -0.2) is 8.78 Å². The van der Waals surface area contributed by atoms with Crippen LogP contribution < -0.4 is 0 Å². The van der Waals surface area contributed by atoms with E-state index in [1.807, 2.05) is 19.1 Å². The van der Waals surface area contributed by atoms with Gasteiger partial charge in [0, 0.05) is 37.3 Å². The number of hydrogen-bond acceptors (Lipinski definition) is 3. The number of nitrogens with zero attached hydrogens (tertiary/aromatic N) is 2. The Morgan fingerprint density at radius 2 is 2.08 bits per heavy atom. The molecule has 1 aliphatic heterocycles. The van der Waals surface area contributed by atoms with Crippen molar-refractivity contribution in [1.82, 2.24) is 9.88 Å². The molecule has 0 bridgehead atoms. The first-order valence-corrected chi connectivity index (χ1v) is 8.78. The topological polar surface area (TPSA) is 36.4 Å². The minimum Gasteiger partial charge on any atom is -0.383 e. The van der Waals surface area contributed by atoms with Crippen molar-refractivity contribution in [3.05, 3.63) is 65.0 Å². The van der Waals surface area contributed by atoms with Crippen molar-refractivity contribution in [2.24, 2.45) is 11.8 Å². The fourth-order valence-corrected chi connectivity index (χ4v) is 4.47. The first-order valence-electron chi connectivity index (χ1n) is 8.78. The second kappa shape index (κ2) is 6.15. The highest BCUT2D eigenvalue weighted by atomic mass is 19.2. The lowest BCUT2D eigenvalue weighted by molar-refractivity contribution is -0.0109. The van der Waals surface area contributed by atoms with Crippen molar-refractivity contribution in [3.63, 3.8) is 0 Å². The summed E-state index contributed by atoms with van der Waals surface area (Å²) in [5, 5.41) is 11.3. The summed E-state index contributed by atoms with van der Waals surface area (Å²) in [6.45, 7) is 3.82. The summed E-state index contributed by atoms with van der Waals surface area (Å²) >= 11 is 0. The molecule has 3 nitrogen and oxygen atoms in total. The van der Waals surface area contributed by atoms with Crippen LogP contribution in [0.3, 0.4) is 0 Å². The van der Waals surface area contributed by atoms with Crippen LogP contribution in [-0.4, -0.2) is 28.1 Å². The molecule has 2 aromatic rings. The molecule has 0 radical (unpaired) electrons. The van der Waals surface area contributed by atoms with Gasteiger partial charge in [-0.1, -0.05) is 18.2 Å². The van der Waals surface area contributed by atoms with Gasteiger partial charge in [0.15, 0.2) is 11.6 Å². The third-order valence-corrected chi connectivity index (χ3v) is 5.81. The van der Waals surface area contributed by atoms with Crippen molar-refractivity contribution < 1.29 is 13.9 Å². The predicted molar refractivity (Wildman–Crippen MR) is 90.7 cm³/mol. The summed E-state index contributed by atoms with van der Waals surface area (Å²) in [7, 11) is 0. The number of likely N-dealkylation sites (tertiary alicyclic amines) is 1. The van der Waals surface area contributed by atoms with Crippen molar-refractivity contribution in [2.75, 3.05) is 13.1 Å². The zero-order chi connectivity index (χ0) is 17.6. The molecule has 0 unspecified atom stereocenters. The molecule has 25 heavy (non-hydrogen) atoms. The highest BCUT2D eigenvalue weighted by molar-refractivity contribution is 5.23. The monoisotopic (exact) mass is 344 g/mol. The maximum absolute atomic E-state index is 13.9. The molecule has 1 aliphatic carbocycles. The van der Waals surface area contributed by atoms with E-state index in [1.54, 1.807) is 12.3 Å². The molecule has 1 aromatic carbocycles. The highest BCUT2D eigenvalue weighted by Gasteiger charge is 2.53. The molecule has 2 heterocycles. The van der Waals surface area contributed by atoms with Gasteiger partial charge in [0.25, 0.3) is 0 Å². The Morgan fingerprint density at radius 3 is 2.84 bits per heavy atom. The zero-order valence-corrected chi connectivity index (χ0v) is 14.3. The summed E-state index contributed by atoms with van der Waals surface area (Å²) in [6.07, 6.45) is 3.43. The van der Waals surface area contributed by atoms with Gasteiger partial charge in [0.2, 0.25) is 0 Å². The number of aryl methyl sites for hydroxylation is 1. The number of pyridine rings is 1. The average Bonchev–Trinajstić information content (AvgIpc) is 3.13. The molecule has 2 aliphatic rings. The second-order valence-electron chi connectivity index (χ2n) is 7.46. The van der Waals surface area contributed by atoms with Crippen molar-refractivity contribution in [3.8, 4) is 0 Å². The molecule has 1 saturated heterocycles. The summed E-state index contributed by atoms with van der Waals surface area (Å²) in [4.78, 5) is 6.57. The Morgan fingerprint density at radius 1 is 1.24 bits per heavy atom. The Hall–Kier alpha value is -1.85. The molecular formula is C20H22F2N2O. The van der Waals surface area contributed by atoms with Crippen LogP contribution in [0, 0.1) is 30.4 Å². The van der Waals surface area contributed by atoms with E-state index in [0.717, 1.165) is 30.3 Å². The molecule has 1 aromatic heterocycles. The molecule has 0 amide bonds. The second-order valence-corrected chi connectivity index (χ2v) is 7.46. The third kappa shape index (κ3) is 2.85. The Labute approximate surface area is 146 Å². The maximum Gasteiger partial charge on any atom is 0.163 e. The van der Waals surface area contributed by atoms with Gasteiger partial charge in [-0.3, -0.25) is 9.88 Å². The molecule has 3 atom stereocenters. The number of benzene rings is 1. The molecule has 132 valence electrons. The summed E-state index contributed by atoms with van der Waals surface area (Å²) in [6, 6.07) is 8.19. The van der Waals surface area contributed by atoms with Crippen molar-refractivity contribution >= 4 is 0 Å². The lowest BCUT2D eigenvalue weighted by Gasteiger charge is -2.30. The van der Waals surface area contributed by atoms with Gasteiger partial charge in [0.05, 0.1) is 5.69 Å². The quantitative estimate of drug-likeness (QED) is 0.927. The number of aliphatic hydroxyl groups is 1. The largest absolute Gasteiger partial charge is 0.383 e. The third-order valence-electron chi connectivity index (χ3n) is 5.81. The van der Waals surface area contributed by atoms with Crippen LogP contribution in [0.5, 0.6) is 0 Å². The van der Waals surface area contributed by atoms with E-state index in [9.17, 15) is 13.9 Å². The van der Waals surface area contributed by atoms with E-state index in [2.05, 4.69) is 9.88 Å². The Bertz CT molecular complexity index is 780. The van der Waals surface area contributed by atoms with E-state index < -0.39 is 17.2 Å². The fourth-order valence-electron chi connectivity index (χ4n) is 4.47. The number of fused-ring (bicyclic) bond motifs is 1. The average molecular weight is 344 g/mol. The minimum atomic E-state index is -0.923. The summed E-state index contributed by atoms with van der Waals surface area (Å²) in [5.41, 5.74) is 1.24. The maximum atomic E-state index is 13.9. The van der Waals surface area contributed by atoms with Crippen LogP contribution in [0.4, 0.5) is 8.78 Å². The van der Waals surface area contributed by atoms with Crippen LogP contribution >= 0.6 is 0 Å². The van der Waals surface area contributed by atoms with Crippen LogP contribution in [-0.2, 0) is 12.1 Å². The van der Waals surface area contributed by atoms with Gasteiger partial charge in [-0.15, -0.1) is 0 Å². The molecule has 2 fully saturated rings. The lowest BCUT2D eigenvalue weighted by Crippen LogP contribution is -2.35. The smallest absolute Gasteiger partial charge is 0.163 e. The van der Waals surface area contributed by atoms with Gasteiger partial charge in [-0.2, -0.15) is 0 Å². The summed E-state index contributed by atoms with van der Waals surface area (Å²) < 4.78 is 27.4. The van der Waals surface area contributed by atoms with Crippen LogP contribution in [0.15, 0.2) is 36.5 Å². The van der Waals surface area contributed by atoms with E-state index >= 15 is 0 Å². The van der Waals surface area contributed by atoms with Crippen LogP contribution in [0.2, 0.25) is 0 Å². The van der Waals surface area contributed by atoms with Gasteiger partial charge in [-0.05, 0) is 43.4 Å². The van der Waals surface area contributed by atoms with E-state index in [0.29, 0.717) is 31.0 Å². The number of aromatic nitrogens is 1. The number of rotatable bonds is 3. The molecule has 4 rings (SSSR count). The first kappa shape index (κ1) is 16.6. The van der Waals surface area contributed by atoms with Crippen molar-refractivity contribution in [2.45, 2.75) is 31.9 Å². The molecular weight excluding hydrogens is 322 g/mol. The SMILES string of the molecule is Cc1ccc([C@]2(O)CC[C@H]3CN(Cc4cccc(F)c4F)C[C@H]32)nc1. The number of halogens is 2. The van der Waals surface area contributed by atoms with E-state index in [-0.39, 0.29) is 5.92 Å². The van der Waals surface area contributed by atoms with E-state index in [1.165, 1.54) is 6.07 Å². The zero-order valence-electron chi connectivity index (χ0n) is 14.3. The standard InChI is InChI=1S/C20H22F2N2O/c1-13-5-6-18(23-9-13)20(25)8-7-14-10-24(12-16(14)20)11-15-3-2-4-17(21)19(15)22/h2-6,9,14,16,25H,7-8,10-12H2,1H3/t14-,16+,20-/m0/s1. The van der Waals surface area contributed by atoms with E-state index in [4.69, 9.17) is 0 Å². The first-order chi connectivity index (χ1) is 12.0. The van der Waals surface area contributed by atoms with Crippen molar-refractivity contribution in [1.29, 1.82) is 0 Å². The van der Waals surface area contributed by atoms with Crippen LogP contribution in [0.25, 0.3) is 0 Å². The Balaban J connectivity index is 1.53. The molecule has 0 spiro atoms. The lowest BCUT2D eigenvalue weighted by atomic mass is 9.85.